The highest BCUT2D eigenvalue weighted by molar-refractivity contribution is 7.17. The van der Waals surface area contributed by atoms with Gasteiger partial charge in [0.25, 0.3) is 5.91 Å². The highest BCUT2D eigenvalue weighted by Crippen LogP contribution is 2.48. The van der Waals surface area contributed by atoms with Crippen molar-refractivity contribution in [1.82, 2.24) is 15.3 Å². The number of halogens is 2. The summed E-state index contributed by atoms with van der Waals surface area (Å²) in [5.41, 5.74) is 2.99. The smallest absolute Gasteiger partial charge is 0.347 e. The molecule has 1 aliphatic carbocycles. The molecule has 3 aromatic rings. The van der Waals surface area contributed by atoms with Crippen LogP contribution < -0.4 is 15.5 Å². The third-order valence-electron chi connectivity index (χ3n) is 6.57. The number of nitrogens with one attached hydrogen (secondary N) is 3. The lowest BCUT2D eigenvalue weighted by Gasteiger charge is -2.19. The third kappa shape index (κ3) is 4.68. The summed E-state index contributed by atoms with van der Waals surface area (Å²) in [6.45, 7) is 4.57. The number of thiazole rings is 1. The SMILES string of the molecule is CC(=O)Nc1ccc(Cc2nc(N3C[C@@H]4C(NC(=O)c5[nH]c(C)c(Cl)c5Cl)[C@@H]4C3)sc2C(=O)O)cc1. The molecule has 2 fully saturated rings. The number of H-pyrrole nitrogens is 1. The van der Waals surface area contributed by atoms with Crippen molar-refractivity contribution in [3.05, 3.63) is 61.8 Å². The standard InChI is InChI=1S/C24H23Cl2N5O4S/c1-10-17(25)18(26)20(27-10)22(33)30-19-14-8-31(9-15(14)19)24-29-16(21(36-24)23(34)35)7-12-3-5-13(6-4-12)28-11(2)32/h3-6,14-15,19,27H,7-9H2,1-2H3,(H,28,32)(H,30,33)(H,34,35)/t14-,15+,19?. The van der Waals surface area contributed by atoms with Gasteiger partial charge in [-0.15, -0.1) is 0 Å². The lowest BCUT2D eigenvalue weighted by Crippen LogP contribution is -2.34. The fourth-order valence-corrected chi connectivity index (χ4v) is 6.07. The molecular weight excluding hydrogens is 525 g/mol. The Labute approximate surface area is 220 Å². The van der Waals surface area contributed by atoms with Crippen LogP contribution in [-0.2, 0) is 11.2 Å². The molecule has 2 aromatic heterocycles. The summed E-state index contributed by atoms with van der Waals surface area (Å²) in [5.74, 6) is -0.911. The van der Waals surface area contributed by atoms with Crippen LogP contribution in [0.4, 0.5) is 10.8 Å². The van der Waals surface area contributed by atoms with Gasteiger partial charge in [-0.2, -0.15) is 0 Å². The molecule has 188 valence electrons. The van der Waals surface area contributed by atoms with Crippen molar-refractivity contribution < 1.29 is 19.5 Å². The van der Waals surface area contributed by atoms with Gasteiger partial charge in [0.15, 0.2) is 5.13 Å². The number of aromatic carboxylic acids is 1. The number of aromatic amines is 1. The molecule has 2 amide bonds. The molecule has 5 rings (SSSR count). The molecule has 1 saturated heterocycles. The van der Waals surface area contributed by atoms with Crippen LogP contribution in [0.5, 0.6) is 0 Å². The Balaban J connectivity index is 1.23. The monoisotopic (exact) mass is 547 g/mol. The number of fused-ring (bicyclic) bond motifs is 1. The van der Waals surface area contributed by atoms with Crippen LogP contribution in [0.2, 0.25) is 10.0 Å². The zero-order valence-corrected chi connectivity index (χ0v) is 21.7. The van der Waals surface area contributed by atoms with E-state index >= 15 is 0 Å². The van der Waals surface area contributed by atoms with Crippen molar-refractivity contribution >= 4 is 63.1 Å². The lowest BCUT2D eigenvalue weighted by atomic mass is 10.1. The second kappa shape index (κ2) is 9.42. The van der Waals surface area contributed by atoms with Crippen LogP contribution in [0.1, 0.15) is 44.0 Å². The van der Waals surface area contributed by atoms with E-state index in [-0.39, 0.29) is 45.3 Å². The Hall–Kier alpha value is -3.08. The predicted molar refractivity (Wildman–Crippen MR) is 139 cm³/mol. The highest BCUT2D eigenvalue weighted by atomic mass is 35.5. The molecule has 1 aromatic carbocycles. The van der Waals surface area contributed by atoms with Gasteiger partial charge in [0.05, 0.1) is 15.7 Å². The second-order valence-electron chi connectivity index (χ2n) is 9.12. The molecule has 9 nitrogen and oxygen atoms in total. The van der Waals surface area contributed by atoms with Crippen LogP contribution in [0.25, 0.3) is 0 Å². The molecule has 0 radical (unpaired) electrons. The molecule has 2 aliphatic rings. The minimum Gasteiger partial charge on any atom is -0.477 e. The van der Waals surface area contributed by atoms with Gasteiger partial charge < -0.3 is 25.6 Å². The molecular formula is C24H23Cl2N5O4S. The molecule has 0 spiro atoms. The van der Waals surface area contributed by atoms with E-state index in [4.69, 9.17) is 23.2 Å². The number of benzene rings is 1. The first-order valence-corrected chi connectivity index (χ1v) is 12.9. The van der Waals surface area contributed by atoms with Crippen molar-refractivity contribution in [3.63, 3.8) is 0 Å². The number of piperidine rings is 1. The molecule has 12 heteroatoms. The van der Waals surface area contributed by atoms with Gasteiger partial charge in [0, 0.05) is 55.7 Å². The van der Waals surface area contributed by atoms with Gasteiger partial charge in [-0.3, -0.25) is 9.59 Å². The van der Waals surface area contributed by atoms with Crippen LogP contribution in [-0.4, -0.2) is 52.0 Å². The van der Waals surface area contributed by atoms with E-state index in [9.17, 15) is 19.5 Å². The number of aromatic nitrogens is 2. The van der Waals surface area contributed by atoms with E-state index < -0.39 is 5.97 Å². The van der Waals surface area contributed by atoms with Crippen LogP contribution >= 0.6 is 34.5 Å². The Bertz CT molecular complexity index is 1360. The van der Waals surface area contributed by atoms with Gasteiger partial charge in [0.2, 0.25) is 5.91 Å². The van der Waals surface area contributed by atoms with E-state index in [1.165, 1.54) is 18.3 Å². The van der Waals surface area contributed by atoms with Crippen LogP contribution in [0, 0.1) is 18.8 Å². The first-order chi connectivity index (χ1) is 17.1. The van der Waals surface area contributed by atoms with E-state index in [2.05, 4.69) is 25.5 Å². The Kier molecular flexibility index (Phi) is 6.44. The number of rotatable bonds is 7. The zero-order chi connectivity index (χ0) is 25.7. The van der Waals surface area contributed by atoms with Crippen molar-refractivity contribution in [2.75, 3.05) is 23.3 Å². The zero-order valence-electron chi connectivity index (χ0n) is 19.4. The summed E-state index contributed by atoms with van der Waals surface area (Å²) in [4.78, 5) is 45.6. The van der Waals surface area contributed by atoms with Gasteiger partial charge in [0.1, 0.15) is 10.6 Å². The van der Waals surface area contributed by atoms with Gasteiger partial charge in [-0.1, -0.05) is 46.7 Å². The number of anilines is 2. The molecule has 1 aliphatic heterocycles. The summed E-state index contributed by atoms with van der Waals surface area (Å²) < 4.78 is 0. The minimum absolute atomic E-state index is 0.0349. The number of nitrogens with zero attached hydrogens (tertiary/aromatic N) is 2. The average Bonchev–Trinajstić information content (AvgIpc) is 3.19. The number of carboxylic acid groups (broad SMARTS) is 1. The summed E-state index contributed by atoms with van der Waals surface area (Å²) in [5, 5.41) is 16.7. The number of hydrogen-bond acceptors (Lipinski definition) is 6. The number of carbonyl (C=O) groups excluding carboxylic acids is 2. The molecule has 1 saturated carbocycles. The minimum atomic E-state index is -1.00. The van der Waals surface area contributed by atoms with E-state index in [0.717, 1.165) is 5.56 Å². The fourth-order valence-electron chi connectivity index (χ4n) is 4.71. The fraction of sp³-hybridized carbons (Fsp3) is 0.333. The normalized spacial score (nSPS) is 20.2. The third-order valence-corrected chi connectivity index (χ3v) is 8.66. The highest BCUT2D eigenvalue weighted by Gasteiger charge is 2.57. The molecule has 36 heavy (non-hydrogen) atoms. The van der Waals surface area contributed by atoms with Gasteiger partial charge in [-0.05, 0) is 24.6 Å². The average molecular weight is 548 g/mol. The number of carbonyl (C=O) groups is 3. The summed E-state index contributed by atoms with van der Waals surface area (Å²) >= 11 is 13.4. The first-order valence-electron chi connectivity index (χ1n) is 11.3. The molecule has 3 heterocycles. The second-order valence-corrected chi connectivity index (χ2v) is 10.9. The topological polar surface area (TPSA) is 127 Å². The number of amides is 2. The Morgan fingerprint density at radius 3 is 2.39 bits per heavy atom. The summed E-state index contributed by atoms with van der Waals surface area (Å²) in [6.07, 6.45) is 0.372. The van der Waals surface area contributed by atoms with E-state index in [1.54, 1.807) is 19.1 Å². The number of carboxylic acids is 1. The summed E-state index contributed by atoms with van der Waals surface area (Å²) in [6, 6.07) is 7.29. The maximum Gasteiger partial charge on any atom is 0.347 e. The molecule has 1 unspecified atom stereocenters. The Morgan fingerprint density at radius 1 is 1.17 bits per heavy atom. The molecule has 3 atom stereocenters. The van der Waals surface area contributed by atoms with Crippen molar-refractivity contribution in [1.29, 1.82) is 0 Å². The predicted octanol–water partition coefficient (Wildman–Crippen LogP) is 4.20. The van der Waals surface area contributed by atoms with E-state index in [0.29, 0.717) is 46.7 Å². The van der Waals surface area contributed by atoms with Crippen molar-refractivity contribution in [2.24, 2.45) is 11.8 Å². The lowest BCUT2D eigenvalue weighted by molar-refractivity contribution is -0.114. The number of aryl methyl sites for hydroxylation is 1. The maximum absolute atomic E-state index is 12.6. The van der Waals surface area contributed by atoms with Crippen molar-refractivity contribution in [3.8, 4) is 0 Å². The van der Waals surface area contributed by atoms with Gasteiger partial charge >= 0.3 is 5.97 Å². The molecule has 0 bridgehead atoms. The summed E-state index contributed by atoms with van der Waals surface area (Å²) in [7, 11) is 0. The maximum atomic E-state index is 12.6. The molecule has 4 N–H and O–H groups in total. The van der Waals surface area contributed by atoms with Crippen molar-refractivity contribution in [2.45, 2.75) is 26.3 Å². The first kappa shape index (κ1) is 24.6. The number of hydrogen-bond donors (Lipinski definition) is 4. The van der Waals surface area contributed by atoms with Crippen LogP contribution in [0.15, 0.2) is 24.3 Å². The van der Waals surface area contributed by atoms with Gasteiger partial charge in [-0.25, -0.2) is 9.78 Å². The largest absolute Gasteiger partial charge is 0.477 e. The Morgan fingerprint density at radius 2 is 1.83 bits per heavy atom. The quantitative estimate of drug-likeness (QED) is 0.351. The van der Waals surface area contributed by atoms with Crippen LogP contribution in [0.3, 0.4) is 0 Å². The van der Waals surface area contributed by atoms with E-state index in [1.807, 2.05) is 12.1 Å².